The highest BCUT2D eigenvalue weighted by molar-refractivity contribution is 6.13. The van der Waals surface area contributed by atoms with Gasteiger partial charge in [-0.3, -0.25) is 14.4 Å². The molecule has 0 saturated heterocycles. The number of amides is 2. The molecule has 0 bridgehead atoms. The molecule has 0 fully saturated rings. The molecule has 0 unspecified atom stereocenters. The number of benzene rings is 1. The Balaban J connectivity index is 0.883. The van der Waals surface area contributed by atoms with Gasteiger partial charge >= 0.3 is 12.0 Å². The van der Waals surface area contributed by atoms with Gasteiger partial charge < -0.3 is 39.6 Å². The van der Waals surface area contributed by atoms with Gasteiger partial charge in [-0.1, -0.05) is 32.9 Å². The normalized spacial score (nSPS) is 13.3. The molecule has 5 aromatic rings. The largest absolute Gasteiger partial charge is 0.484 e. The first-order valence-electron chi connectivity index (χ1n) is 20.5. The van der Waals surface area contributed by atoms with E-state index in [1.165, 1.54) is 18.3 Å². The van der Waals surface area contributed by atoms with Gasteiger partial charge in [-0.15, -0.1) is 0 Å². The van der Waals surface area contributed by atoms with Crippen molar-refractivity contribution in [3.8, 4) is 40.7 Å². The number of carbonyl (C=O) groups excluding carboxylic acids is 3. The first kappa shape index (κ1) is 46.0. The van der Waals surface area contributed by atoms with Crippen LogP contribution in [0, 0.1) is 16.7 Å². The van der Waals surface area contributed by atoms with Gasteiger partial charge in [-0.05, 0) is 68.5 Å². The van der Waals surface area contributed by atoms with Crippen LogP contribution in [0.3, 0.4) is 0 Å². The summed E-state index contributed by atoms with van der Waals surface area (Å²) in [6, 6.07) is 17.9. The smallest absolute Gasteiger partial charge is 0.326 e. The monoisotopic (exact) mass is 871 g/mol. The van der Waals surface area contributed by atoms with Crippen molar-refractivity contribution in [1.82, 2.24) is 35.6 Å². The fourth-order valence-corrected chi connectivity index (χ4v) is 6.50. The Morgan fingerprint density at radius 1 is 0.922 bits per heavy atom. The van der Waals surface area contributed by atoms with Gasteiger partial charge in [-0.2, -0.15) is 5.26 Å². The van der Waals surface area contributed by atoms with Gasteiger partial charge in [0, 0.05) is 61.1 Å². The molecule has 0 spiro atoms. The number of pyridine rings is 3. The topological polar surface area (TPSA) is 241 Å². The summed E-state index contributed by atoms with van der Waals surface area (Å²) in [4.78, 5) is 73.7. The summed E-state index contributed by atoms with van der Waals surface area (Å²) in [5.41, 5.74) is 1.88. The number of nitriles is 1. The van der Waals surface area contributed by atoms with Crippen LogP contribution in [0.25, 0.3) is 11.3 Å². The lowest BCUT2D eigenvalue weighted by atomic mass is 9.88. The predicted octanol–water partition coefficient (Wildman–Crippen LogP) is 5.57. The molecular formula is C46H49N9O9. The van der Waals surface area contributed by atoms with Crippen LogP contribution in [-0.2, 0) is 20.9 Å². The molecule has 1 aromatic carbocycles. The van der Waals surface area contributed by atoms with Crippen molar-refractivity contribution in [2.75, 3.05) is 37.9 Å². The third-order valence-corrected chi connectivity index (χ3v) is 10.1. The van der Waals surface area contributed by atoms with E-state index in [0.717, 1.165) is 0 Å². The Morgan fingerprint density at radius 2 is 1.70 bits per heavy atom. The first-order chi connectivity index (χ1) is 30.6. The van der Waals surface area contributed by atoms with E-state index in [9.17, 15) is 29.5 Å². The SMILES string of the molecule is CC(C)(C)CC[C@H](NC(=O)c1ccc(Oc2cccc(OCC(=O)NCCOCCOc3ncc(-c4ccc5c(n4)N(Cc4cccnc4C#N)C(C)(C)C5=O)cn3)c2)nc1)C(=O)O. The number of hydrogen-bond acceptors (Lipinski definition) is 15. The molecule has 4 aromatic heterocycles. The number of nitrogens with one attached hydrogen (secondary N) is 2. The summed E-state index contributed by atoms with van der Waals surface area (Å²) in [5.74, 6) is -0.619. The Labute approximate surface area is 370 Å². The number of rotatable bonds is 20. The highest BCUT2D eigenvalue weighted by atomic mass is 16.5. The number of ketones is 1. The minimum absolute atomic E-state index is 0.0687. The average Bonchev–Trinajstić information content (AvgIpc) is 3.46. The number of aliphatic carboxylic acids is 1. The van der Waals surface area contributed by atoms with Crippen molar-refractivity contribution in [3.05, 3.63) is 108 Å². The van der Waals surface area contributed by atoms with Gasteiger partial charge in [-0.25, -0.2) is 29.7 Å². The average molecular weight is 872 g/mol. The molecule has 18 nitrogen and oxygen atoms in total. The third-order valence-electron chi connectivity index (χ3n) is 10.1. The summed E-state index contributed by atoms with van der Waals surface area (Å²) in [7, 11) is 0. The van der Waals surface area contributed by atoms with Crippen LogP contribution in [0.5, 0.6) is 23.4 Å². The molecule has 1 aliphatic rings. The maximum Gasteiger partial charge on any atom is 0.326 e. The molecule has 6 rings (SSSR count). The molecule has 0 aliphatic carbocycles. The van der Waals surface area contributed by atoms with E-state index in [2.05, 4.69) is 36.6 Å². The molecule has 64 heavy (non-hydrogen) atoms. The summed E-state index contributed by atoms with van der Waals surface area (Å²) in [6.07, 6.45) is 6.94. The summed E-state index contributed by atoms with van der Waals surface area (Å²) in [6.45, 7) is 10.5. The van der Waals surface area contributed by atoms with Crippen LogP contribution in [0.1, 0.15) is 79.4 Å². The van der Waals surface area contributed by atoms with Crippen molar-refractivity contribution in [2.45, 2.75) is 65.6 Å². The zero-order valence-electron chi connectivity index (χ0n) is 36.2. The second-order valence-electron chi connectivity index (χ2n) is 16.4. The molecule has 1 atom stereocenters. The number of carboxylic acid groups (broad SMARTS) is 1. The van der Waals surface area contributed by atoms with Gasteiger partial charge in [0.25, 0.3) is 11.8 Å². The molecule has 18 heteroatoms. The van der Waals surface area contributed by atoms with Crippen molar-refractivity contribution in [3.63, 3.8) is 0 Å². The number of ether oxygens (including phenoxy) is 4. The van der Waals surface area contributed by atoms with Crippen LogP contribution in [0.15, 0.2) is 85.5 Å². The first-order valence-corrected chi connectivity index (χ1v) is 20.5. The second kappa shape index (κ2) is 20.6. The number of aromatic nitrogens is 5. The summed E-state index contributed by atoms with van der Waals surface area (Å²) in [5, 5.41) is 24.4. The van der Waals surface area contributed by atoms with Gasteiger partial charge in [0.2, 0.25) is 5.88 Å². The summed E-state index contributed by atoms with van der Waals surface area (Å²) >= 11 is 0. The van der Waals surface area contributed by atoms with E-state index in [1.807, 2.05) is 45.6 Å². The second-order valence-corrected chi connectivity index (χ2v) is 16.4. The van der Waals surface area contributed by atoms with Crippen molar-refractivity contribution >= 4 is 29.4 Å². The molecule has 332 valence electrons. The quantitative estimate of drug-likeness (QED) is 0.0810. The maximum atomic E-state index is 13.3. The number of Topliss-reactive ketones (excluding diaryl/α,β-unsaturated/α-hetero) is 1. The lowest BCUT2D eigenvalue weighted by molar-refractivity contribution is -0.139. The van der Waals surface area contributed by atoms with E-state index < -0.39 is 23.5 Å². The highest BCUT2D eigenvalue weighted by Gasteiger charge is 2.45. The van der Waals surface area contributed by atoms with Crippen LogP contribution in [-0.4, -0.2) is 98.1 Å². The van der Waals surface area contributed by atoms with Gasteiger partial charge in [0.05, 0.1) is 35.6 Å². The molecule has 3 N–H and O–H groups in total. The Kier molecular flexibility index (Phi) is 14.8. The van der Waals surface area contributed by atoms with Gasteiger partial charge in [0.15, 0.2) is 12.4 Å². The van der Waals surface area contributed by atoms with Crippen LogP contribution in [0.4, 0.5) is 5.82 Å². The number of fused-ring (bicyclic) bond motifs is 1. The third kappa shape index (κ3) is 12.1. The van der Waals surface area contributed by atoms with E-state index >= 15 is 0 Å². The number of nitrogens with zero attached hydrogens (tertiary/aromatic N) is 7. The minimum Gasteiger partial charge on any atom is -0.484 e. The summed E-state index contributed by atoms with van der Waals surface area (Å²) < 4.78 is 22.6. The van der Waals surface area contributed by atoms with E-state index in [0.29, 0.717) is 58.2 Å². The van der Waals surface area contributed by atoms with E-state index in [1.54, 1.807) is 61.1 Å². The van der Waals surface area contributed by atoms with Crippen LogP contribution in [0.2, 0.25) is 0 Å². The van der Waals surface area contributed by atoms with Crippen molar-refractivity contribution in [2.24, 2.45) is 5.41 Å². The standard InChI is InChI=1S/C46H49N9O9/c1-45(2,3)16-15-36(43(59)60)54-42(58)29-11-14-39(50-24-29)64-33-10-6-9-32(22-33)63-28-38(56)49-18-19-61-20-21-62-44-51-25-31(26-52-44)35-13-12-34-40(57)46(4,5)55(41(34)53-35)27-30-8-7-17-48-37(30)23-47/h6-14,17,22,24-26,36H,15-16,18-21,27-28H2,1-5H3,(H,49,56)(H,54,58)(H,59,60)/t36-/m0/s1. The number of carbonyl (C=O) groups is 4. The molecule has 0 saturated carbocycles. The Hall–Kier alpha value is -7.52. The zero-order valence-corrected chi connectivity index (χ0v) is 36.2. The van der Waals surface area contributed by atoms with Crippen LogP contribution < -0.4 is 29.7 Å². The predicted molar refractivity (Wildman–Crippen MR) is 232 cm³/mol. The molecule has 5 heterocycles. The number of anilines is 1. The number of hydrogen-bond donors (Lipinski definition) is 3. The van der Waals surface area contributed by atoms with E-state index in [4.69, 9.17) is 23.9 Å². The lowest BCUT2D eigenvalue weighted by Crippen LogP contribution is -2.44. The Bertz CT molecular complexity index is 2500. The minimum atomic E-state index is -1.10. The fraction of sp³-hybridized carbons (Fsp3) is 0.348. The van der Waals surface area contributed by atoms with Crippen molar-refractivity contribution in [1.29, 1.82) is 5.26 Å². The molecule has 0 radical (unpaired) electrons. The van der Waals surface area contributed by atoms with E-state index in [-0.39, 0.29) is 74.1 Å². The molecule has 2 amide bonds. The molecular weight excluding hydrogens is 823 g/mol. The number of carboxylic acids is 1. The Morgan fingerprint density at radius 3 is 2.42 bits per heavy atom. The maximum absolute atomic E-state index is 13.3. The molecule has 1 aliphatic heterocycles. The highest BCUT2D eigenvalue weighted by Crippen LogP contribution is 2.40. The van der Waals surface area contributed by atoms with Gasteiger partial charge in [0.1, 0.15) is 41.7 Å². The fourth-order valence-electron chi connectivity index (χ4n) is 6.50. The van der Waals surface area contributed by atoms with Crippen molar-refractivity contribution < 1.29 is 43.2 Å². The lowest BCUT2D eigenvalue weighted by Gasteiger charge is -2.32. The zero-order chi connectivity index (χ0) is 45.9. The van der Waals surface area contributed by atoms with Crippen LogP contribution >= 0.6 is 0 Å².